The molecule has 2 bridgehead atoms. The molecule has 4 unspecified atom stereocenters. The van der Waals surface area contributed by atoms with Crippen LogP contribution in [0.15, 0.2) is 0 Å². The molecule has 0 amide bonds. The van der Waals surface area contributed by atoms with Gasteiger partial charge >= 0.3 is 0 Å². The van der Waals surface area contributed by atoms with Gasteiger partial charge in [0.1, 0.15) is 0 Å². The van der Waals surface area contributed by atoms with Gasteiger partial charge in [-0.15, -0.1) is 0 Å². The maximum atomic E-state index is 2.58. The van der Waals surface area contributed by atoms with E-state index < -0.39 is 0 Å². The summed E-state index contributed by atoms with van der Waals surface area (Å²) in [6.45, 7) is 3.83. The van der Waals surface area contributed by atoms with Crippen molar-refractivity contribution >= 4 is 0 Å². The predicted octanol–water partition coefficient (Wildman–Crippen LogP) is 1.98. The summed E-state index contributed by atoms with van der Waals surface area (Å²) in [7, 11) is 2.31. The zero-order valence-corrected chi connectivity index (χ0v) is 8.16. The summed E-state index contributed by atoms with van der Waals surface area (Å²) in [4.78, 5) is 2.58. The van der Waals surface area contributed by atoms with Crippen LogP contribution in [0.4, 0.5) is 0 Å². The second kappa shape index (κ2) is 2.25. The Bertz CT molecular complexity index is 199. The van der Waals surface area contributed by atoms with Crippen LogP contribution >= 0.6 is 0 Å². The SMILES string of the molecule is CC1C2C(CN1C)C1CC[C@@H]2C1. The fraction of sp³-hybridized carbons (Fsp3) is 1.00. The monoisotopic (exact) mass is 165 g/mol. The Hall–Kier alpha value is -0.0400. The van der Waals surface area contributed by atoms with Crippen LogP contribution in [0.1, 0.15) is 26.2 Å². The lowest BCUT2D eigenvalue weighted by Crippen LogP contribution is -2.29. The van der Waals surface area contributed by atoms with Crippen LogP contribution in [0.3, 0.4) is 0 Å². The predicted molar refractivity (Wildman–Crippen MR) is 49.9 cm³/mol. The van der Waals surface area contributed by atoms with Crippen LogP contribution in [0.2, 0.25) is 0 Å². The van der Waals surface area contributed by atoms with Gasteiger partial charge in [0.05, 0.1) is 0 Å². The maximum Gasteiger partial charge on any atom is 0.00981 e. The third-order valence-corrected chi connectivity index (χ3v) is 4.91. The van der Waals surface area contributed by atoms with Gasteiger partial charge in [0.2, 0.25) is 0 Å². The third-order valence-electron chi connectivity index (χ3n) is 4.91. The molecule has 12 heavy (non-hydrogen) atoms. The van der Waals surface area contributed by atoms with Crippen LogP contribution < -0.4 is 0 Å². The van der Waals surface area contributed by atoms with E-state index in [0.29, 0.717) is 0 Å². The fourth-order valence-corrected chi connectivity index (χ4v) is 4.27. The Balaban J connectivity index is 1.90. The molecule has 3 rings (SSSR count). The molecular formula is C11H19N. The standard InChI is InChI=1S/C11H19N/c1-7-11-9-4-3-8(5-9)10(11)6-12(7)2/h7-11H,3-6H2,1-2H3/t7?,8?,9-,10?,11?/m1/s1. The highest BCUT2D eigenvalue weighted by Crippen LogP contribution is 2.56. The van der Waals surface area contributed by atoms with Crippen LogP contribution in [0.5, 0.6) is 0 Å². The Kier molecular flexibility index (Phi) is 1.39. The average molecular weight is 165 g/mol. The molecule has 3 aliphatic rings. The van der Waals surface area contributed by atoms with Crippen molar-refractivity contribution in [3.63, 3.8) is 0 Å². The summed E-state index contributed by atoms with van der Waals surface area (Å²) in [6, 6.07) is 0.880. The molecule has 0 spiro atoms. The van der Waals surface area contributed by atoms with Crippen LogP contribution in [0, 0.1) is 23.7 Å². The van der Waals surface area contributed by atoms with E-state index in [9.17, 15) is 0 Å². The van der Waals surface area contributed by atoms with E-state index in [-0.39, 0.29) is 0 Å². The second-order valence-corrected chi connectivity index (χ2v) is 5.25. The molecule has 0 N–H and O–H groups in total. The Morgan fingerprint density at radius 2 is 1.92 bits per heavy atom. The topological polar surface area (TPSA) is 3.24 Å². The molecule has 1 heterocycles. The fourth-order valence-electron chi connectivity index (χ4n) is 4.27. The molecule has 5 atom stereocenters. The van der Waals surface area contributed by atoms with Gasteiger partial charge in [-0.05, 0) is 56.9 Å². The first-order valence-corrected chi connectivity index (χ1v) is 5.47. The van der Waals surface area contributed by atoms with Crippen LogP contribution in [-0.4, -0.2) is 24.5 Å². The lowest BCUT2D eigenvalue weighted by molar-refractivity contribution is 0.232. The Morgan fingerprint density at radius 3 is 2.67 bits per heavy atom. The number of hydrogen-bond donors (Lipinski definition) is 0. The van der Waals surface area contributed by atoms with E-state index in [0.717, 1.165) is 29.7 Å². The van der Waals surface area contributed by atoms with Crippen molar-refractivity contribution in [2.24, 2.45) is 23.7 Å². The van der Waals surface area contributed by atoms with Gasteiger partial charge in [-0.3, -0.25) is 0 Å². The minimum absolute atomic E-state index is 0.880. The smallest absolute Gasteiger partial charge is 0.00981 e. The highest BCUT2D eigenvalue weighted by atomic mass is 15.2. The summed E-state index contributed by atoms with van der Waals surface area (Å²) in [6.07, 6.45) is 4.67. The summed E-state index contributed by atoms with van der Waals surface area (Å²) < 4.78 is 0. The van der Waals surface area contributed by atoms with Crippen molar-refractivity contribution in [3.8, 4) is 0 Å². The van der Waals surface area contributed by atoms with Crippen molar-refractivity contribution in [3.05, 3.63) is 0 Å². The summed E-state index contributed by atoms with van der Waals surface area (Å²) in [5, 5.41) is 0. The molecule has 1 nitrogen and oxygen atoms in total. The Labute approximate surface area is 75.1 Å². The number of nitrogens with zero attached hydrogens (tertiary/aromatic N) is 1. The number of rotatable bonds is 0. The van der Waals surface area contributed by atoms with Gasteiger partial charge < -0.3 is 4.90 Å². The van der Waals surface area contributed by atoms with Crippen molar-refractivity contribution < 1.29 is 0 Å². The largest absolute Gasteiger partial charge is 0.303 e. The van der Waals surface area contributed by atoms with Gasteiger partial charge in [-0.1, -0.05) is 0 Å². The molecule has 3 fully saturated rings. The zero-order chi connectivity index (χ0) is 8.29. The molecule has 1 aliphatic heterocycles. The normalized spacial score (nSPS) is 58.0. The number of likely N-dealkylation sites (tertiary alicyclic amines) is 1. The first-order valence-electron chi connectivity index (χ1n) is 5.47. The summed E-state index contributed by atoms with van der Waals surface area (Å²) in [5.41, 5.74) is 0. The van der Waals surface area contributed by atoms with E-state index in [1.807, 2.05) is 0 Å². The van der Waals surface area contributed by atoms with Crippen molar-refractivity contribution in [2.75, 3.05) is 13.6 Å². The third kappa shape index (κ3) is 0.736. The maximum absolute atomic E-state index is 2.58. The molecular weight excluding hydrogens is 146 g/mol. The average Bonchev–Trinajstić information content (AvgIpc) is 2.66. The molecule has 68 valence electrons. The minimum Gasteiger partial charge on any atom is -0.303 e. The van der Waals surface area contributed by atoms with Gasteiger partial charge in [0.25, 0.3) is 0 Å². The molecule has 2 saturated carbocycles. The van der Waals surface area contributed by atoms with E-state index in [4.69, 9.17) is 0 Å². The van der Waals surface area contributed by atoms with Gasteiger partial charge in [0, 0.05) is 12.6 Å². The highest BCUT2D eigenvalue weighted by molar-refractivity contribution is 5.04. The van der Waals surface area contributed by atoms with Crippen LogP contribution in [0.25, 0.3) is 0 Å². The number of fused-ring (bicyclic) bond motifs is 5. The van der Waals surface area contributed by atoms with Gasteiger partial charge in [-0.25, -0.2) is 0 Å². The van der Waals surface area contributed by atoms with Gasteiger partial charge in [-0.2, -0.15) is 0 Å². The molecule has 0 aromatic rings. The summed E-state index contributed by atoms with van der Waals surface area (Å²) >= 11 is 0. The molecule has 0 aromatic heterocycles. The van der Waals surface area contributed by atoms with Crippen molar-refractivity contribution in [1.29, 1.82) is 0 Å². The van der Waals surface area contributed by atoms with E-state index in [2.05, 4.69) is 18.9 Å². The first kappa shape index (κ1) is 7.37. The zero-order valence-electron chi connectivity index (χ0n) is 8.16. The minimum atomic E-state index is 0.880. The van der Waals surface area contributed by atoms with E-state index in [1.54, 1.807) is 19.3 Å². The molecule has 0 aromatic carbocycles. The molecule has 2 aliphatic carbocycles. The van der Waals surface area contributed by atoms with Gasteiger partial charge in [0.15, 0.2) is 0 Å². The molecule has 0 radical (unpaired) electrons. The lowest BCUT2D eigenvalue weighted by Gasteiger charge is -2.26. The van der Waals surface area contributed by atoms with Crippen molar-refractivity contribution in [2.45, 2.75) is 32.2 Å². The summed E-state index contributed by atoms with van der Waals surface area (Å²) in [5.74, 6) is 4.39. The second-order valence-electron chi connectivity index (χ2n) is 5.25. The highest BCUT2D eigenvalue weighted by Gasteiger charge is 2.53. The quantitative estimate of drug-likeness (QED) is 0.530. The van der Waals surface area contributed by atoms with E-state index >= 15 is 0 Å². The first-order chi connectivity index (χ1) is 5.77. The van der Waals surface area contributed by atoms with E-state index in [1.165, 1.54) is 6.54 Å². The lowest BCUT2D eigenvalue weighted by atomic mass is 9.79. The van der Waals surface area contributed by atoms with Crippen molar-refractivity contribution in [1.82, 2.24) is 4.90 Å². The molecule has 1 heteroatoms. The molecule has 1 saturated heterocycles. The Morgan fingerprint density at radius 1 is 1.17 bits per heavy atom. The van der Waals surface area contributed by atoms with Crippen LogP contribution in [-0.2, 0) is 0 Å². The number of hydrogen-bond acceptors (Lipinski definition) is 1.